The number of nitrogens with zero attached hydrogens (tertiary/aromatic N) is 2. The Bertz CT molecular complexity index is 506. The van der Waals surface area contributed by atoms with Crippen LogP contribution in [0.15, 0.2) is 42.7 Å². The van der Waals surface area contributed by atoms with Gasteiger partial charge in [0.2, 0.25) is 0 Å². The molecule has 1 aromatic carbocycles. The Balaban J connectivity index is 1.79. The Labute approximate surface area is 106 Å². The summed E-state index contributed by atoms with van der Waals surface area (Å²) in [5.74, 6) is 0.460. The molecule has 0 spiro atoms. The zero-order valence-electron chi connectivity index (χ0n) is 10.4. The van der Waals surface area contributed by atoms with E-state index in [0.29, 0.717) is 25.6 Å². The predicted octanol–water partition coefficient (Wildman–Crippen LogP) is 2.30. The van der Waals surface area contributed by atoms with Gasteiger partial charge in [-0.2, -0.15) is 0 Å². The van der Waals surface area contributed by atoms with Crippen LogP contribution in [0.5, 0.6) is 0 Å². The van der Waals surface area contributed by atoms with Crippen molar-refractivity contribution in [1.29, 1.82) is 0 Å². The summed E-state index contributed by atoms with van der Waals surface area (Å²) in [4.78, 5) is 15.3. The van der Waals surface area contributed by atoms with E-state index < -0.39 is 0 Å². The van der Waals surface area contributed by atoms with Gasteiger partial charge in [-0.1, -0.05) is 30.3 Å². The van der Waals surface area contributed by atoms with Crippen LogP contribution in [-0.2, 0) is 17.9 Å². The van der Waals surface area contributed by atoms with Gasteiger partial charge in [0.15, 0.2) is 11.6 Å². The maximum Gasteiger partial charge on any atom is 0.195 e. The summed E-state index contributed by atoms with van der Waals surface area (Å²) in [6.45, 7) is 3.31. The van der Waals surface area contributed by atoms with E-state index in [-0.39, 0.29) is 5.78 Å². The lowest BCUT2D eigenvalue weighted by atomic mass is 10.2. The van der Waals surface area contributed by atoms with E-state index in [1.165, 1.54) is 6.92 Å². The summed E-state index contributed by atoms with van der Waals surface area (Å²) in [7, 11) is 0. The second-order valence-corrected chi connectivity index (χ2v) is 4.04. The van der Waals surface area contributed by atoms with Crippen LogP contribution >= 0.6 is 0 Å². The van der Waals surface area contributed by atoms with Crippen LogP contribution in [0.3, 0.4) is 0 Å². The highest BCUT2D eigenvalue weighted by Crippen LogP contribution is 2.02. The van der Waals surface area contributed by atoms with Crippen molar-refractivity contribution in [2.24, 2.45) is 0 Å². The molecule has 1 aromatic heterocycles. The van der Waals surface area contributed by atoms with E-state index in [2.05, 4.69) is 4.98 Å². The second-order valence-electron chi connectivity index (χ2n) is 4.04. The third-order valence-electron chi connectivity index (χ3n) is 2.62. The van der Waals surface area contributed by atoms with Crippen LogP contribution in [0.1, 0.15) is 23.1 Å². The first-order chi connectivity index (χ1) is 8.77. The van der Waals surface area contributed by atoms with Crippen LogP contribution in [0, 0.1) is 0 Å². The lowest BCUT2D eigenvalue weighted by Crippen LogP contribution is -2.11. The number of carbonyl (C=O) groups excluding carboxylic acids is 1. The summed E-state index contributed by atoms with van der Waals surface area (Å²) in [6.07, 6.45) is 3.43. The second kappa shape index (κ2) is 6.12. The Hall–Kier alpha value is -1.94. The minimum atomic E-state index is -0.0249. The van der Waals surface area contributed by atoms with Crippen molar-refractivity contribution in [3.63, 3.8) is 0 Å². The zero-order valence-corrected chi connectivity index (χ0v) is 10.4. The molecule has 4 nitrogen and oxygen atoms in total. The molecule has 0 unspecified atom stereocenters. The molecule has 0 saturated heterocycles. The zero-order chi connectivity index (χ0) is 12.8. The highest BCUT2D eigenvalue weighted by atomic mass is 16.5. The number of rotatable bonds is 6. The number of Topliss-reactive ketones (excluding diaryl/α,β-unsaturated/α-hetero) is 1. The average Bonchev–Trinajstić information content (AvgIpc) is 2.84. The first kappa shape index (κ1) is 12.5. The Morgan fingerprint density at radius 2 is 2.11 bits per heavy atom. The molecular formula is C14H16N2O2. The van der Waals surface area contributed by atoms with Gasteiger partial charge in [-0.15, -0.1) is 0 Å². The molecule has 0 fully saturated rings. The molecule has 2 aromatic rings. The molecule has 0 N–H and O–H groups in total. The van der Waals surface area contributed by atoms with Crippen LogP contribution in [-0.4, -0.2) is 21.9 Å². The molecule has 0 amide bonds. The van der Waals surface area contributed by atoms with Gasteiger partial charge >= 0.3 is 0 Å². The number of benzene rings is 1. The predicted molar refractivity (Wildman–Crippen MR) is 68.3 cm³/mol. The van der Waals surface area contributed by atoms with Gasteiger partial charge < -0.3 is 9.30 Å². The van der Waals surface area contributed by atoms with Crippen molar-refractivity contribution in [1.82, 2.24) is 9.55 Å². The standard InChI is InChI=1S/C14H16N2O2/c1-12(17)14-15-7-8-16(14)9-10-18-11-13-5-3-2-4-6-13/h2-8H,9-11H2,1H3. The first-order valence-electron chi connectivity index (χ1n) is 5.91. The number of imidazole rings is 1. The summed E-state index contributed by atoms with van der Waals surface area (Å²) >= 11 is 0. The number of hydrogen-bond acceptors (Lipinski definition) is 3. The van der Waals surface area contributed by atoms with Crippen molar-refractivity contribution in [3.8, 4) is 0 Å². The average molecular weight is 244 g/mol. The highest BCUT2D eigenvalue weighted by Gasteiger charge is 2.06. The minimum Gasteiger partial charge on any atom is -0.375 e. The molecular weight excluding hydrogens is 228 g/mol. The molecule has 0 aliphatic heterocycles. The van der Waals surface area contributed by atoms with Crippen molar-refractivity contribution < 1.29 is 9.53 Å². The number of carbonyl (C=O) groups is 1. The van der Waals surface area contributed by atoms with E-state index in [0.717, 1.165) is 5.56 Å². The van der Waals surface area contributed by atoms with Gasteiger partial charge in [-0.25, -0.2) is 4.98 Å². The van der Waals surface area contributed by atoms with Crippen LogP contribution in [0.2, 0.25) is 0 Å². The van der Waals surface area contributed by atoms with E-state index in [1.54, 1.807) is 12.4 Å². The number of aromatic nitrogens is 2. The monoisotopic (exact) mass is 244 g/mol. The highest BCUT2D eigenvalue weighted by molar-refractivity contribution is 5.90. The SMILES string of the molecule is CC(=O)c1nccn1CCOCc1ccccc1. The summed E-state index contributed by atoms with van der Waals surface area (Å²) < 4.78 is 7.38. The lowest BCUT2D eigenvalue weighted by molar-refractivity contribution is 0.0981. The van der Waals surface area contributed by atoms with Gasteiger partial charge in [-0.05, 0) is 5.56 Å². The largest absolute Gasteiger partial charge is 0.375 e. The Morgan fingerprint density at radius 1 is 1.33 bits per heavy atom. The quantitative estimate of drug-likeness (QED) is 0.578. The summed E-state index contributed by atoms with van der Waals surface area (Å²) in [6, 6.07) is 10.0. The first-order valence-corrected chi connectivity index (χ1v) is 5.91. The fourth-order valence-corrected chi connectivity index (χ4v) is 1.73. The van der Waals surface area contributed by atoms with E-state index in [4.69, 9.17) is 4.74 Å². The molecule has 0 aliphatic carbocycles. The lowest BCUT2D eigenvalue weighted by Gasteiger charge is -2.07. The topological polar surface area (TPSA) is 44.1 Å². The van der Waals surface area contributed by atoms with Crippen LogP contribution < -0.4 is 0 Å². The normalized spacial score (nSPS) is 10.5. The Morgan fingerprint density at radius 3 is 2.83 bits per heavy atom. The molecule has 0 saturated carbocycles. The van der Waals surface area contributed by atoms with Crippen molar-refractivity contribution in [2.75, 3.05) is 6.61 Å². The molecule has 18 heavy (non-hydrogen) atoms. The summed E-state index contributed by atoms with van der Waals surface area (Å²) in [5.41, 5.74) is 1.15. The van der Waals surface area contributed by atoms with Crippen molar-refractivity contribution in [2.45, 2.75) is 20.1 Å². The molecule has 94 valence electrons. The van der Waals surface area contributed by atoms with Crippen LogP contribution in [0.4, 0.5) is 0 Å². The maximum absolute atomic E-state index is 11.3. The number of hydrogen-bond donors (Lipinski definition) is 0. The molecule has 4 heteroatoms. The maximum atomic E-state index is 11.3. The number of ketones is 1. The molecule has 0 atom stereocenters. The van der Waals surface area contributed by atoms with Gasteiger partial charge in [0.05, 0.1) is 13.2 Å². The van der Waals surface area contributed by atoms with Gasteiger partial charge in [0.1, 0.15) is 0 Å². The van der Waals surface area contributed by atoms with E-state index >= 15 is 0 Å². The smallest absolute Gasteiger partial charge is 0.195 e. The van der Waals surface area contributed by atoms with E-state index in [1.807, 2.05) is 34.9 Å². The molecule has 0 radical (unpaired) electrons. The minimum absolute atomic E-state index is 0.0249. The molecule has 1 heterocycles. The third-order valence-corrected chi connectivity index (χ3v) is 2.62. The van der Waals surface area contributed by atoms with Crippen molar-refractivity contribution in [3.05, 3.63) is 54.1 Å². The third kappa shape index (κ3) is 3.28. The molecule has 0 bridgehead atoms. The summed E-state index contributed by atoms with van der Waals surface area (Å²) in [5, 5.41) is 0. The Kier molecular flexibility index (Phi) is 4.25. The van der Waals surface area contributed by atoms with E-state index in [9.17, 15) is 4.79 Å². The molecule has 2 rings (SSSR count). The molecule has 0 aliphatic rings. The van der Waals surface area contributed by atoms with Crippen molar-refractivity contribution >= 4 is 5.78 Å². The fourth-order valence-electron chi connectivity index (χ4n) is 1.73. The fraction of sp³-hybridized carbons (Fsp3) is 0.286. The number of ether oxygens (including phenoxy) is 1. The van der Waals surface area contributed by atoms with Crippen LogP contribution in [0.25, 0.3) is 0 Å². The van der Waals surface area contributed by atoms with Gasteiger partial charge in [0.25, 0.3) is 0 Å². The van der Waals surface area contributed by atoms with Gasteiger partial charge in [-0.3, -0.25) is 4.79 Å². The van der Waals surface area contributed by atoms with Gasteiger partial charge in [0, 0.05) is 25.9 Å².